The van der Waals surface area contributed by atoms with Gasteiger partial charge in [0.15, 0.2) is 0 Å². The monoisotopic (exact) mass is 392 g/mol. The van der Waals surface area contributed by atoms with Crippen molar-refractivity contribution in [2.45, 2.75) is 18.5 Å². The lowest BCUT2D eigenvalue weighted by molar-refractivity contribution is -0.141. The lowest BCUT2D eigenvalue weighted by atomic mass is 10.1. The van der Waals surface area contributed by atoms with Crippen LogP contribution in [-0.2, 0) is 10.9 Å². The number of hydrogen-bond donors (Lipinski definition) is 1. The van der Waals surface area contributed by atoms with Crippen LogP contribution < -0.4 is 5.32 Å². The summed E-state index contributed by atoms with van der Waals surface area (Å²) in [6.45, 7) is 1.46. The largest absolute Gasteiger partial charge is 0.433 e. The van der Waals surface area contributed by atoms with Crippen molar-refractivity contribution in [2.24, 2.45) is 0 Å². The number of halogens is 3. The molecule has 3 heterocycles. The van der Waals surface area contributed by atoms with Crippen LogP contribution in [0, 0.1) is 0 Å². The molecule has 0 bridgehead atoms. The molecule has 1 aromatic carbocycles. The zero-order chi connectivity index (χ0) is 18.9. The summed E-state index contributed by atoms with van der Waals surface area (Å²) in [4.78, 5) is 12.9. The van der Waals surface area contributed by atoms with Crippen LogP contribution in [-0.4, -0.2) is 28.2 Å². The molecule has 0 aliphatic carbocycles. The number of ether oxygens (including phenoxy) is 1. The molecule has 5 nitrogen and oxygen atoms in total. The minimum atomic E-state index is -4.51. The maximum absolute atomic E-state index is 12.8. The number of anilines is 2. The molecular weight excluding hydrogens is 377 g/mol. The summed E-state index contributed by atoms with van der Waals surface area (Å²) in [6.07, 6.45) is -0.634. The Morgan fingerprint density at radius 1 is 1.19 bits per heavy atom. The summed E-state index contributed by atoms with van der Waals surface area (Å²) in [5.41, 5.74) is 0.544. The number of aromatic nitrogens is 3. The molecule has 1 aliphatic rings. The van der Waals surface area contributed by atoms with Crippen LogP contribution in [0.3, 0.4) is 0 Å². The van der Waals surface area contributed by atoms with Gasteiger partial charge in [0.1, 0.15) is 5.69 Å². The molecule has 9 heteroatoms. The molecule has 0 radical (unpaired) electrons. The average Bonchev–Trinajstić information content (AvgIpc) is 3.33. The van der Waals surface area contributed by atoms with Crippen molar-refractivity contribution in [1.29, 1.82) is 0 Å². The normalized spacial score (nSPS) is 17.2. The van der Waals surface area contributed by atoms with E-state index in [9.17, 15) is 13.2 Å². The summed E-state index contributed by atoms with van der Waals surface area (Å²) in [7, 11) is 0. The molecule has 140 valence electrons. The minimum absolute atomic E-state index is 0.102. The minimum Gasteiger partial charge on any atom is -0.381 e. The van der Waals surface area contributed by atoms with Crippen LogP contribution in [0.5, 0.6) is 0 Å². The van der Waals surface area contributed by atoms with Gasteiger partial charge in [-0.25, -0.2) is 15.0 Å². The standard InChI is InChI=1S/C18H15F3N4OS/c19-18(20,21)15-4-6-22-17(25-15)24-13-3-1-2-11(8-13)14-9-23-16(27-14)12-5-7-26-10-12/h1-4,6,8-9,12H,5,7,10H2,(H,22,24,25). The van der Waals surface area contributed by atoms with E-state index in [-0.39, 0.29) is 5.95 Å². The first kappa shape index (κ1) is 17.9. The number of hydrogen-bond acceptors (Lipinski definition) is 6. The Hall–Kier alpha value is -2.52. The molecule has 1 aliphatic heterocycles. The molecule has 1 unspecified atom stereocenters. The Bertz CT molecular complexity index is 938. The van der Waals surface area contributed by atoms with Gasteiger partial charge in [0, 0.05) is 30.6 Å². The van der Waals surface area contributed by atoms with Gasteiger partial charge in [0.2, 0.25) is 5.95 Å². The molecule has 0 saturated carbocycles. The first-order chi connectivity index (χ1) is 13.0. The Morgan fingerprint density at radius 2 is 2.07 bits per heavy atom. The predicted octanol–water partition coefficient (Wildman–Crippen LogP) is 4.87. The Balaban J connectivity index is 1.55. The Morgan fingerprint density at radius 3 is 2.85 bits per heavy atom. The smallest absolute Gasteiger partial charge is 0.381 e. The maximum atomic E-state index is 12.8. The summed E-state index contributed by atoms with van der Waals surface area (Å²) in [5.74, 6) is 0.235. The predicted molar refractivity (Wildman–Crippen MR) is 96.0 cm³/mol. The first-order valence-corrected chi connectivity index (χ1v) is 9.12. The van der Waals surface area contributed by atoms with Gasteiger partial charge in [-0.2, -0.15) is 13.2 Å². The molecule has 1 saturated heterocycles. The van der Waals surface area contributed by atoms with Crippen LogP contribution in [0.4, 0.5) is 24.8 Å². The third-order valence-corrected chi connectivity index (χ3v) is 5.36. The van der Waals surface area contributed by atoms with Crippen molar-refractivity contribution >= 4 is 23.0 Å². The van der Waals surface area contributed by atoms with Gasteiger partial charge in [0.25, 0.3) is 0 Å². The molecule has 2 aromatic heterocycles. The Kier molecular flexibility index (Phi) is 4.79. The number of alkyl halides is 3. The topological polar surface area (TPSA) is 59.9 Å². The van der Waals surface area contributed by atoms with Gasteiger partial charge in [-0.3, -0.25) is 0 Å². The number of rotatable bonds is 4. The van der Waals surface area contributed by atoms with Crippen molar-refractivity contribution in [3.8, 4) is 10.4 Å². The van der Waals surface area contributed by atoms with Gasteiger partial charge in [-0.15, -0.1) is 11.3 Å². The highest BCUT2D eigenvalue weighted by atomic mass is 32.1. The van der Waals surface area contributed by atoms with Crippen molar-refractivity contribution < 1.29 is 17.9 Å². The van der Waals surface area contributed by atoms with Crippen molar-refractivity contribution in [3.63, 3.8) is 0 Å². The van der Waals surface area contributed by atoms with E-state index in [4.69, 9.17) is 4.74 Å². The van der Waals surface area contributed by atoms with E-state index in [0.29, 0.717) is 18.2 Å². The highest BCUT2D eigenvalue weighted by Gasteiger charge is 2.32. The molecule has 27 heavy (non-hydrogen) atoms. The molecular formula is C18H15F3N4OS. The molecule has 3 aromatic rings. The quantitative estimate of drug-likeness (QED) is 0.687. The van der Waals surface area contributed by atoms with E-state index in [2.05, 4.69) is 20.3 Å². The molecule has 1 fully saturated rings. The molecule has 1 N–H and O–H groups in total. The number of thiazole rings is 1. The summed E-state index contributed by atoms with van der Waals surface area (Å²) in [6, 6.07) is 8.18. The van der Waals surface area contributed by atoms with E-state index in [1.54, 1.807) is 17.4 Å². The lowest BCUT2D eigenvalue weighted by Crippen LogP contribution is -2.10. The van der Waals surface area contributed by atoms with Crippen LogP contribution in [0.25, 0.3) is 10.4 Å². The van der Waals surface area contributed by atoms with Gasteiger partial charge < -0.3 is 10.1 Å². The fourth-order valence-corrected chi connectivity index (χ4v) is 3.83. The van der Waals surface area contributed by atoms with E-state index in [1.165, 1.54) is 0 Å². The van der Waals surface area contributed by atoms with Gasteiger partial charge in [-0.1, -0.05) is 12.1 Å². The average molecular weight is 392 g/mol. The molecule has 0 spiro atoms. The molecule has 4 rings (SSSR count). The third-order valence-electron chi connectivity index (χ3n) is 4.15. The first-order valence-electron chi connectivity index (χ1n) is 8.30. The fourth-order valence-electron chi connectivity index (χ4n) is 2.80. The molecule has 1 atom stereocenters. The van der Waals surface area contributed by atoms with Crippen LogP contribution in [0.1, 0.15) is 23.0 Å². The van der Waals surface area contributed by atoms with E-state index >= 15 is 0 Å². The fraction of sp³-hybridized carbons (Fsp3) is 0.278. The van der Waals surface area contributed by atoms with E-state index < -0.39 is 11.9 Å². The van der Waals surface area contributed by atoms with Gasteiger partial charge >= 0.3 is 6.18 Å². The number of nitrogens with zero attached hydrogens (tertiary/aromatic N) is 3. The summed E-state index contributed by atoms with van der Waals surface area (Å²) >= 11 is 1.61. The third kappa shape index (κ3) is 4.09. The van der Waals surface area contributed by atoms with Gasteiger partial charge in [0.05, 0.1) is 16.5 Å². The zero-order valence-electron chi connectivity index (χ0n) is 14.0. The van der Waals surface area contributed by atoms with Crippen molar-refractivity contribution in [3.05, 3.63) is 53.4 Å². The Labute approximate surface area is 157 Å². The van der Waals surface area contributed by atoms with Crippen molar-refractivity contribution in [2.75, 3.05) is 18.5 Å². The van der Waals surface area contributed by atoms with Crippen LogP contribution in [0.2, 0.25) is 0 Å². The summed E-state index contributed by atoms with van der Waals surface area (Å²) < 4.78 is 43.8. The molecule has 0 amide bonds. The second kappa shape index (κ2) is 7.24. The second-order valence-electron chi connectivity index (χ2n) is 6.09. The van der Waals surface area contributed by atoms with Gasteiger partial charge in [-0.05, 0) is 30.2 Å². The summed E-state index contributed by atoms with van der Waals surface area (Å²) in [5, 5.41) is 3.87. The highest BCUT2D eigenvalue weighted by molar-refractivity contribution is 7.15. The van der Waals surface area contributed by atoms with E-state index in [1.807, 2.05) is 24.4 Å². The number of nitrogens with one attached hydrogen (secondary N) is 1. The SMILES string of the molecule is FC(F)(F)c1ccnc(Nc2cccc(-c3cnc(C4CCOC4)s3)c2)n1. The highest BCUT2D eigenvalue weighted by Crippen LogP contribution is 2.34. The van der Waals surface area contributed by atoms with Crippen LogP contribution >= 0.6 is 11.3 Å². The lowest BCUT2D eigenvalue weighted by Gasteiger charge is -2.09. The van der Waals surface area contributed by atoms with Crippen LogP contribution in [0.15, 0.2) is 42.7 Å². The second-order valence-corrected chi connectivity index (χ2v) is 7.15. The zero-order valence-corrected chi connectivity index (χ0v) is 14.8. The van der Waals surface area contributed by atoms with E-state index in [0.717, 1.165) is 40.7 Å². The van der Waals surface area contributed by atoms with Crippen molar-refractivity contribution in [1.82, 2.24) is 15.0 Å². The number of benzene rings is 1. The maximum Gasteiger partial charge on any atom is 0.433 e.